The van der Waals surface area contributed by atoms with Crippen LogP contribution in [0.25, 0.3) is 11.3 Å². The van der Waals surface area contributed by atoms with Crippen molar-refractivity contribution in [2.24, 2.45) is 17.9 Å². The lowest BCUT2D eigenvalue weighted by atomic mass is 10.1. The Morgan fingerprint density at radius 2 is 1.74 bits per heavy atom. The average molecular weight is 575 g/mol. The molecule has 0 aliphatic heterocycles. The van der Waals surface area contributed by atoms with Crippen LogP contribution in [-0.4, -0.2) is 49.0 Å². The van der Waals surface area contributed by atoms with E-state index in [-0.39, 0.29) is 21.3 Å². The maximum atomic E-state index is 12.9. The minimum atomic E-state index is -1.14. The molecule has 3 aromatic heterocycles. The number of aromatic hydroxyl groups is 1. The summed E-state index contributed by atoms with van der Waals surface area (Å²) in [7, 11) is 1.59. The van der Waals surface area contributed by atoms with Gasteiger partial charge in [0.25, 0.3) is 5.91 Å². The number of nitrogens with two attached hydrogens (primary N) is 1. The molecule has 0 aliphatic rings. The molecule has 196 valence electrons. The van der Waals surface area contributed by atoms with Gasteiger partial charge in [-0.15, -0.1) is 16.4 Å². The fourth-order valence-electron chi connectivity index (χ4n) is 3.12. The van der Waals surface area contributed by atoms with Crippen LogP contribution in [0.2, 0.25) is 10.0 Å². The monoisotopic (exact) mass is 574 g/mol. The number of amides is 2. The number of thiophene rings is 1. The van der Waals surface area contributed by atoms with Crippen molar-refractivity contribution in [3.8, 4) is 17.0 Å². The van der Waals surface area contributed by atoms with Crippen molar-refractivity contribution >= 4 is 64.4 Å². The highest BCUT2D eigenvalue weighted by molar-refractivity contribution is 7.16. The van der Waals surface area contributed by atoms with E-state index in [1.807, 2.05) is 0 Å². The summed E-state index contributed by atoms with van der Waals surface area (Å²) in [6, 6.07) is 10.7. The third-order valence-corrected chi connectivity index (χ3v) is 6.61. The Bertz CT molecular complexity index is 1520. The molecule has 0 saturated heterocycles. The van der Waals surface area contributed by atoms with E-state index in [0.717, 1.165) is 16.3 Å². The Morgan fingerprint density at radius 3 is 2.26 bits per heavy atom. The first-order chi connectivity index (χ1) is 18.0. The molecule has 0 aliphatic carbocycles. The summed E-state index contributed by atoms with van der Waals surface area (Å²) >= 11 is 12.8. The highest BCUT2D eigenvalue weighted by Crippen LogP contribution is 2.39. The van der Waals surface area contributed by atoms with Crippen LogP contribution in [-0.2, 0) is 7.05 Å². The summed E-state index contributed by atoms with van der Waals surface area (Å²) < 4.78 is 1.38. The third-order valence-electron chi connectivity index (χ3n) is 4.81. The lowest BCUT2D eigenvalue weighted by Gasteiger charge is -2.13. The van der Waals surface area contributed by atoms with Gasteiger partial charge in [0.1, 0.15) is 10.6 Å². The van der Waals surface area contributed by atoms with Crippen LogP contribution < -0.4 is 10.7 Å². The maximum Gasteiger partial charge on any atom is 0.345 e. The first kappa shape index (κ1) is 28.3. The van der Waals surface area contributed by atoms with Gasteiger partial charge in [-0.2, -0.15) is 10.1 Å². The van der Waals surface area contributed by atoms with Crippen LogP contribution >= 0.6 is 34.5 Å². The molecule has 0 radical (unpaired) electrons. The largest absolute Gasteiger partial charge is 0.503 e. The number of hydrazone groups is 1. The van der Waals surface area contributed by atoms with Crippen molar-refractivity contribution < 1.29 is 24.6 Å². The van der Waals surface area contributed by atoms with E-state index in [2.05, 4.69) is 15.2 Å². The van der Waals surface area contributed by atoms with E-state index < -0.39 is 17.8 Å². The maximum absolute atomic E-state index is 12.9. The molecular weight excluding hydrogens is 555 g/mol. The number of hydrogen-bond acceptors (Lipinski definition) is 8. The number of rotatable bonds is 6. The van der Waals surface area contributed by atoms with Crippen LogP contribution in [0, 0.1) is 0 Å². The molecule has 0 saturated carbocycles. The number of nitrogens with zero attached hydrogens (tertiary/aromatic N) is 5. The molecule has 3 heterocycles. The van der Waals surface area contributed by atoms with E-state index in [4.69, 9.17) is 34.0 Å². The summed E-state index contributed by atoms with van der Waals surface area (Å²) in [6.45, 7) is 1.59. The van der Waals surface area contributed by atoms with Crippen molar-refractivity contribution in [3.63, 3.8) is 0 Å². The van der Waals surface area contributed by atoms with Gasteiger partial charge >= 0.3 is 5.97 Å². The molecular formula is C24H20Cl2N6O5S. The number of aryl methyl sites for hydroxylation is 1. The zero-order valence-electron chi connectivity index (χ0n) is 19.9. The second-order valence-electron chi connectivity index (χ2n) is 7.33. The normalized spacial score (nSPS) is 10.6. The van der Waals surface area contributed by atoms with Crippen molar-refractivity contribution in [1.29, 1.82) is 0 Å². The Hall–Kier alpha value is -4.26. The van der Waals surface area contributed by atoms with Crippen molar-refractivity contribution in [2.45, 2.75) is 6.92 Å². The van der Waals surface area contributed by atoms with Crippen LogP contribution in [0.15, 0.2) is 60.0 Å². The van der Waals surface area contributed by atoms with Gasteiger partial charge in [0.2, 0.25) is 11.7 Å². The summed E-state index contributed by atoms with van der Waals surface area (Å²) in [5, 5.41) is 29.6. The number of aromatic carboxylic acids is 1. The Kier molecular flexibility index (Phi) is 9.18. The highest BCUT2D eigenvalue weighted by atomic mass is 35.5. The second kappa shape index (κ2) is 12.3. The number of halogens is 2. The van der Waals surface area contributed by atoms with Gasteiger partial charge in [0.05, 0.1) is 14.9 Å². The van der Waals surface area contributed by atoms with Crippen LogP contribution in [0.4, 0.5) is 5.82 Å². The molecule has 1 aromatic carbocycles. The van der Waals surface area contributed by atoms with Gasteiger partial charge < -0.3 is 15.9 Å². The molecule has 0 bridgehead atoms. The first-order valence-corrected chi connectivity index (χ1v) is 12.2. The Balaban J connectivity index is 0.000000375. The number of carboxylic acids is 1. The SMILES string of the molecule is CC=NN(C(=O)c1ccc(C(=O)O)s1)c1nn(C)c(-c2ccc(Cl)c(Cl)c2)c1O.NC(=O)c1ccncc1. The lowest BCUT2D eigenvalue weighted by Crippen LogP contribution is -2.25. The zero-order valence-corrected chi connectivity index (χ0v) is 22.2. The third kappa shape index (κ3) is 6.35. The minimum absolute atomic E-state index is 0.00974. The van der Waals surface area contributed by atoms with E-state index >= 15 is 0 Å². The van der Waals surface area contributed by atoms with Crippen molar-refractivity contribution in [2.75, 3.05) is 5.01 Å². The van der Waals surface area contributed by atoms with Gasteiger partial charge in [-0.1, -0.05) is 29.3 Å². The molecule has 11 nitrogen and oxygen atoms in total. The number of pyridine rings is 1. The predicted octanol–water partition coefficient (Wildman–Crippen LogP) is 4.69. The number of benzene rings is 1. The van der Waals surface area contributed by atoms with Crippen LogP contribution in [0.1, 0.15) is 36.6 Å². The molecule has 2 amide bonds. The molecule has 0 unspecified atom stereocenters. The molecule has 4 rings (SSSR count). The van der Waals surface area contributed by atoms with Crippen molar-refractivity contribution in [1.82, 2.24) is 14.8 Å². The van der Waals surface area contributed by atoms with E-state index in [0.29, 0.717) is 26.9 Å². The van der Waals surface area contributed by atoms with Gasteiger partial charge in [0, 0.05) is 36.8 Å². The zero-order chi connectivity index (χ0) is 28.0. The molecule has 0 atom stereocenters. The van der Waals surface area contributed by atoms with Crippen LogP contribution in [0.5, 0.6) is 5.75 Å². The standard InChI is InChI=1S/C18H14Cl2N4O4S.C6H6N2O/c1-3-21-24(17(26)12-6-7-13(29-12)18(27)28)16-15(25)14(23(2)22-16)9-4-5-10(19)11(20)8-9;7-6(9)5-1-3-8-4-2-5/h3-8,25H,1-2H3,(H,27,28);1-4H,(H2,7,9). The average Bonchev–Trinajstić information content (AvgIpc) is 3.50. The number of hydrogen-bond donors (Lipinski definition) is 3. The summed E-state index contributed by atoms with van der Waals surface area (Å²) in [5.74, 6) is -2.59. The first-order valence-electron chi connectivity index (χ1n) is 10.6. The number of aromatic nitrogens is 3. The number of carboxylic acid groups (broad SMARTS) is 1. The van der Waals surface area contributed by atoms with Gasteiger partial charge in [-0.05, 0) is 43.3 Å². The Morgan fingerprint density at radius 1 is 1.08 bits per heavy atom. The Labute approximate surface area is 230 Å². The number of carbonyl (C=O) groups is 3. The molecule has 4 N–H and O–H groups in total. The fraction of sp³-hybridized carbons (Fsp3) is 0.0833. The molecule has 0 spiro atoms. The topological polar surface area (TPSA) is 164 Å². The highest BCUT2D eigenvalue weighted by Gasteiger charge is 2.28. The van der Waals surface area contributed by atoms with Gasteiger partial charge in [0.15, 0.2) is 5.75 Å². The number of carbonyl (C=O) groups excluding carboxylic acids is 2. The fourth-order valence-corrected chi connectivity index (χ4v) is 4.18. The van der Waals surface area contributed by atoms with E-state index in [1.54, 1.807) is 44.3 Å². The van der Waals surface area contributed by atoms with Crippen molar-refractivity contribution in [3.05, 3.63) is 80.2 Å². The number of primary amides is 1. The number of anilines is 1. The minimum Gasteiger partial charge on any atom is -0.503 e. The lowest BCUT2D eigenvalue weighted by molar-refractivity contribution is 0.0701. The van der Waals surface area contributed by atoms with E-state index in [1.165, 1.54) is 35.4 Å². The molecule has 4 aromatic rings. The quantitative estimate of drug-likeness (QED) is 0.222. The molecule has 0 fully saturated rings. The molecule has 38 heavy (non-hydrogen) atoms. The van der Waals surface area contributed by atoms with Crippen LogP contribution in [0.3, 0.4) is 0 Å². The predicted molar refractivity (Wildman–Crippen MR) is 145 cm³/mol. The smallest absolute Gasteiger partial charge is 0.345 e. The van der Waals surface area contributed by atoms with Gasteiger partial charge in [-0.25, -0.2) is 4.79 Å². The summed E-state index contributed by atoms with van der Waals surface area (Å²) in [5.41, 5.74) is 6.28. The molecule has 14 heteroatoms. The summed E-state index contributed by atoms with van der Waals surface area (Å²) in [6.07, 6.45) is 4.41. The summed E-state index contributed by atoms with van der Waals surface area (Å²) in [4.78, 5) is 38.3. The van der Waals surface area contributed by atoms with E-state index in [9.17, 15) is 19.5 Å². The second-order valence-corrected chi connectivity index (χ2v) is 9.23. The van der Waals surface area contributed by atoms with Gasteiger partial charge in [-0.3, -0.25) is 19.3 Å².